The molecule has 13 heavy (non-hydrogen) atoms. The van der Waals surface area contributed by atoms with Crippen LogP contribution in [0.1, 0.15) is 0 Å². The maximum absolute atomic E-state index is 5.90. The summed E-state index contributed by atoms with van der Waals surface area (Å²) in [5.74, 6) is 0.696. The Hall–Kier alpha value is -0.740. The summed E-state index contributed by atoms with van der Waals surface area (Å²) < 4.78 is 7.80. The van der Waals surface area contributed by atoms with E-state index >= 15 is 0 Å². The van der Waals surface area contributed by atoms with Crippen LogP contribution in [0, 0.1) is 0 Å². The van der Waals surface area contributed by atoms with Crippen molar-refractivity contribution in [3.63, 3.8) is 0 Å². The molecule has 2 heterocycles. The van der Waals surface area contributed by atoms with Crippen LogP contribution in [0.25, 0.3) is 5.65 Å². The number of halogens is 2. The maximum atomic E-state index is 5.90. The molecule has 0 saturated heterocycles. The Balaban J connectivity index is 2.84. The van der Waals surface area contributed by atoms with E-state index in [4.69, 9.17) is 16.3 Å². The molecule has 0 atom stereocenters. The van der Waals surface area contributed by atoms with Gasteiger partial charge in [0.25, 0.3) is 0 Å². The van der Waals surface area contributed by atoms with E-state index in [-0.39, 0.29) is 0 Å². The molecule has 0 unspecified atom stereocenters. The maximum Gasteiger partial charge on any atom is 0.180 e. The fourth-order valence-corrected chi connectivity index (χ4v) is 1.74. The second-order valence-corrected chi connectivity index (χ2v) is 3.80. The summed E-state index contributed by atoms with van der Waals surface area (Å²) in [6.07, 6.45) is 3.43. The van der Waals surface area contributed by atoms with Crippen molar-refractivity contribution in [2.45, 2.75) is 0 Å². The molecule has 0 aliphatic heterocycles. The van der Waals surface area contributed by atoms with Crippen molar-refractivity contribution >= 4 is 33.2 Å². The minimum atomic E-state index is 0.564. The lowest BCUT2D eigenvalue weighted by atomic mass is 10.4. The summed E-state index contributed by atoms with van der Waals surface area (Å²) >= 11 is 9.25. The third-order valence-electron chi connectivity index (χ3n) is 1.71. The van der Waals surface area contributed by atoms with Crippen LogP contribution in [-0.2, 0) is 0 Å². The molecule has 68 valence electrons. The van der Waals surface area contributed by atoms with Gasteiger partial charge >= 0.3 is 0 Å². The molecule has 0 aliphatic carbocycles. The number of hydrogen-bond acceptors (Lipinski definition) is 2. The molecule has 0 saturated carbocycles. The van der Waals surface area contributed by atoms with Crippen LogP contribution < -0.4 is 4.74 Å². The highest BCUT2D eigenvalue weighted by Gasteiger charge is 2.07. The van der Waals surface area contributed by atoms with Gasteiger partial charge in [-0.25, -0.2) is 4.98 Å². The van der Waals surface area contributed by atoms with Gasteiger partial charge in [-0.3, -0.25) is 4.40 Å². The summed E-state index contributed by atoms with van der Waals surface area (Å²) in [4.78, 5) is 4.12. The average molecular weight is 262 g/mol. The Kier molecular flexibility index (Phi) is 2.17. The fraction of sp³-hybridized carbons (Fsp3) is 0.125. The van der Waals surface area contributed by atoms with Crippen molar-refractivity contribution in [3.8, 4) is 5.75 Å². The molecule has 0 spiro atoms. The summed E-state index contributed by atoms with van der Waals surface area (Å²) in [5.41, 5.74) is 0.718. The molecule has 0 N–H and O–H groups in total. The van der Waals surface area contributed by atoms with Gasteiger partial charge in [0.2, 0.25) is 0 Å². The number of pyridine rings is 1. The number of aromatic nitrogens is 2. The zero-order valence-electron chi connectivity index (χ0n) is 6.79. The average Bonchev–Trinajstić information content (AvgIpc) is 2.47. The SMILES string of the molecule is COc1cc(Br)cn2c(Cl)cnc12. The zero-order valence-corrected chi connectivity index (χ0v) is 9.13. The van der Waals surface area contributed by atoms with Gasteiger partial charge in [0, 0.05) is 10.7 Å². The highest BCUT2D eigenvalue weighted by atomic mass is 79.9. The van der Waals surface area contributed by atoms with Crippen LogP contribution in [0.15, 0.2) is 22.9 Å². The fourth-order valence-electron chi connectivity index (χ4n) is 1.15. The normalized spacial score (nSPS) is 10.7. The van der Waals surface area contributed by atoms with E-state index < -0.39 is 0 Å². The first-order chi connectivity index (χ1) is 6.22. The molecule has 2 aromatic rings. The van der Waals surface area contributed by atoms with Crippen molar-refractivity contribution in [2.24, 2.45) is 0 Å². The summed E-state index contributed by atoms with van der Waals surface area (Å²) in [6.45, 7) is 0. The van der Waals surface area contributed by atoms with Crippen LogP contribution >= 0.6 is 27.5 Å². The first kappa shape index (κ1) is 8.84. The molecule has 0 fully saturated rings. The number of methoxy groups -OCH3 is 1. The quantitative estimate of drug-likeness (QED) is 0.789. The van der Waals surface area contributed by atoms with Crippen LogP contribution in [0.5, 0.6) is 5.75 Å². The highest BCUT2D eigenvalue weighted by molar-refractivity contribution is 9.10. The lowest BCUT2D eigenvalue weighted by Crippen LogP contribution is -1.90. The Morgan fingerprint density at radius 1 is 1.62 bits per heavy atom. The topological polar surface area (TPSA) is 26.5 Å². The number of ether oxygens (including phenoxy) is 1. The van der Waals surface area contributed by atoms with E-state index in [1.165, 1.54) is 0 Å². The van der Waals surface area contributed by atoms with E-state index in [0.717, 1.165) is 10.1 Å². The highest BCUT2D eigenvalue weighted by Crippen LogP contribution is 2.25. The van der Waals surface area contributed by atoms with Gasteiger partial charge in [-0.15, -0.1) is 0 Å². The van der Waals surface area contributed by atoms with Gasteiger partial charge in [-0.2, -0.15) is 0 Å². The van der Waals surface area contributed by atoms with Gasteiger partial charge in [0.05, 0.1) is 13.3 Å². The van der Waals surface area contributed by atoms with E-state index in [0.29, 0.717) is 10.9 Å². The predicted octanol–water partition coefficient (Wildman–Crippen LogP) is 2.76. The van der Waals surface area contributed by atoms with Crippen LogP contribution in [0.4, 0.5) is 0 Å². The lowest BCUT2D eigenvalue weighted by molar-refractivity contribution is 0.416. The third-order valence-corrected chi connectivity index (χ3v) is 2.43. The second kappa shape index (κ2) is 3.20. The molecular formula is C8H6BrClN2O. The smallest absolute Gasteiger partial charge is 0.180 e. The monoisotopic (exact) mass is 260 g/mol. The molecule has 0 amide bonds. The van der Waals surface area contributed by atoms with E-state index in [2.05, 4.69) is 20.9 Å². The number of hydrogen-bond donors (Lipinski definition) is 0. The Morgan fingerprint density at radius 2 is 2.38 bits per heavy atom. The molecule has 0 bridgehead atoms. The first-order valence-electron chi connectivity index (χ1n) is 3.58. The number of nitrogens with zero attached hydrogens (tertiary/aromatic N) is 2. The molecule has 0 radical (unpaired) electrons. The van der Waals surface area contributed by atoms with Crippen molar-refractivity contribution in [3.05, 3.63) is 28.1 Å². The van der Waals surface area contributed by atoms with Crippen LogP contribution in [0.2, 0.25) is 5.15 Å². The molecule has 2 aromatic heterocycles. The van der Waals surface area contributed by atoms with Crippen molar-refractivity contribution in [1.82, 2.24) is 9.38 Å². The summed E-state index contributed by atoms with van der Waals surface area (Å²) in [5, 5.41) is 0.564. The van der Waals surface area contributed by atoms with Gasteiger partial charge in [-0.05, 0) is 22.0 Å². The second-order valence-electron chi connectivity index (χ2n) is 2.50. The van der Waals surface area contributed by atoms with Crippen molar-refractivity contribution in [1.29, 1.82) is 0 Å². The van der Waals surface area contributed by atoms with E-state index in [1.807, 2.05) is 12.3 Å². The van der Waals surface area contributed by atoms with Gasteiger partial charge in [0.1, 0.15) is 5.15 Å². The van der Waals surface area contributed by atoms with Crippen molar-refractivity contribution < 1.29 is 4.74 Å². The predicted molar refractivity (Wildman–Crippen MR) is 54.5 cm³/mol. The molecule has 3 nitrogen and oxygen atoms in total. The van der Waals surface area contributed by atoms with Gasteiger partial charge in [-0.1, -0.05) is 11.6 Å². The number of imidazole rings is 1. The summed E-state index contributed by atoms with van der Waals surface area (Å²) in [6, 6.07) is 1.85. The van der Waals surface area contributed by atoms with Crippen LogP contribution in [0.3, 0.4) is 0 Å². The minimum Gasteiger partial charge on any atom is -0.493 e. The Labute approximate surface area is 88.4 Å². The zero-order chi connectivity index (χ0) is 9.42. The minimum absolute atomic E-state index is 0.564. The standard InChI is InChI=1S/C8H6BrClN2O/c1-13-6-2-5(9)4-12-7(10)3-11-8(6)12/h2-4H,1H3. The van der Waals surface area contributed by atoms with Gasteiger partial charge < -0.3 is 4.74 Å². The Morgan fingerprint density at radius 3 is 3.08 bits per heavy atom. The summed E-state index contributed by atoms with van der Waals surface area (Å²) in [7, 11) is 1.60. The van der Waals surface area contributed by atoms with Crippen molar-refractivity contribution in [2.75, 3.05) is 7.11 Å². The molecule has 0 aromatic carbocycles. The molecular weight excluding hydrogens is 255 g/mol. The Bertz CT molecular complexity index is 455. The third kappa shape index (κ3) is 1.40. The van der Waals surface area contributed by atoms with Crippen LogP contribution in [-0.4, -0.2) is 16.5 Å². The number of fused-ring (bicyclic) bond motifs is 1. The van der Waals surface area contributed by atoms with E-state index in [9.17, 15) is 0 Å². The molecule has 5 heteroatoms. The van der Waals surface area contributed by atoms with Gasteiger partial charge in [0.15, 0.2) is 11.4 Å². The molecule has 2 rings (SSSR count). The number of rotatable bonds is 1. The van der Waals surface area contributed by atoms with E-state index in [1.54, 1.807) is 17.7 Å². The molecule has 0 aliphatic rings. The first-order valence-corrected chi connectivity index (χ1v) is 4.75. The largest absolute Gasteiger partial charge is 0.493 e. The lowest BCUT2D eigenvalue weighted by Gasteiger charge is -2.03.